The van der Waals surface area contributed by atoms with Crippen LogP contribution in [-0.4, -0.2) is 52.7 Å². The number of benzene rings is 22. The van der Waals surface area contributed by atoms with Gasteiger partial charge in [0, 0.05) is 71.9 Å². The van der Waals surface area contributed by atoms with Crippen LogP contribution in [-0.2, 0) is 0 Å². The normalized spacial score (nSPS) is 12.1. The van der Waals surface area contributed by atoms with Crippen molar-refractivity contribution in [3.8, 4) is 72.4 Å². The lowest BCUT2D eigenvalue weighted by Gasteiger charge is -2.19. The molecule has 11 heterocycles. The first-order chi connectivity index (χ1) is 73.4. The van der Waals surface area contributed by atoms with Gasteiger partial charge in [0.25, 0.3) is 0 Å². The van der Waals surface area contributed by atoms with E-state index in [9.17, 15) is 0 Å². The molecule has 0 fully saturated rings. The lowest BCUT2D eigenvalue weighted by atomic mass is 9.84. The maximum Gasteiger partial charge on any atom is 0.165 e. The zero-order valence-corrected chi connectivity index (χ0v) is 79.7. The van der Waals surface area contributed by atoms with Crippen LogP contribution in [0, 0.1) is 0 Å². The summed E-state index contributed by atoms with van der Waals surface area (Å²) < 4.78 is 9.15. The van der Waals surface area contributed by atoms with Crippen LogP contribution < -0.4 is 0 Å². The van der Waals surface area contributed by atoms with E-state index in [0.717, 1.165) is 154 Å². The summed E-state index contributed by atoms with van der Waals surface area (Å²) in [6.45, 7) is 0. The number of hydrogen-bond acceptors (Lipinski definition) is 7. The van der Waals surface area contributed by atoms with Crippen LogP contribution in [0.5, 0.6) is 0 Å². The smallest absolute Gasteiger partial charge is 0.165 e. The van der Waals surface area contributed by atoms with Gasteiger partial charge in [-0.1, -0.05) is 322 Å². The predicted octanol–water partition coefficient (Wildman–Crippen LogP) is 35.4. The molecule has 0 saturated heterocycles. The zero-order chi connectivity index (χ0) is 96.9. The van der Waals surface area contributed by atoms with Crippen molar-refractivity contribution in [2.75, 3.05) is 0 Å². The highest BCUT2D eigenvalue weighted by molar-refractivity contribution is 6.26. The molecule has 0 amide bonds. The molecule has 0 bridgehead atoms. The molecule has 0 radical (unpaired) electrons. The number of aromatic nitrogens is 11. The molecule has 33 rings (SSSR count). The minimum Gasteiger partial charge on any atom is -0.309 e. The van der Waals surface area contributed by atoms with Gasteiger partial charge in [0.2, 0.25) is 0 Å². The summed E-state index contributed by atoms with van der Waals surface area (Å²) in [6, 6.07) is 171. The van der Waals surface area contributed by atoms with Gasteiger partial charge >= 0.3 is 0 Å². The zero-order valence-electron chi connectivity index (χ0n) is 79.7. The Morgan fingerprint density at radius 1 is 0.155 bits per heavy atom. The average Bonchev–Trinajstić information content (AvgIpc) is 1.54. The molecule has 11 nitrogen and oxygen atoms in total. The number of rotatable bonds is 7. The second-order valence-electron chi connectivity index (χ2n) is 38.9. The van der Waals surface area contributed by atoms with Crippen molar-refractivity contribution in [3.05, 3.63) is 492 Å². The van der Waals surface area contributed by atoms with Gasteiger partial charge in [0.1, 0.15) is 16.7 Å². The van der Waals surface area contributed by atoms with Crippen molar-refractivity contribution in [1.29, 1.82) is 0 Å². The minimum absolute atomic E-state index is 0.881. The van der Waals surface area contributed by atoms with Crippen molar-refractivity contribution in [1.82, 2.24) is 52.7 Å². The topological polar surface area (TPSA) is 108 Å². The lowest BCUT2D eigenvalue weighted by Crippen LogP contribution is -1.95. The summed E-state index contributed by atoms with van der Waals surface area (Å²) in [5.74, 6) is 0. The highest BCUT2D eigenvalue weighted by Gasteiger charge is 2.26. The average molecular weight is 1880 g/mol. The third-order valence-electron chi connectivity index (χ3n) is 30.8. The summed E-state index contributed by atoms with van der Waals surface area (Å²) >= 11 is 0. The molecule has 0 saturated carbocycles. The summed E-state index contributed by atoms with van der Waals surface area (Å²) in [4.78, 5) is 35.0. The summed E-state index contributed by atoms with van der Waals surface area (Å²) in [7, 11) is 0. The second kappa shape index (κ2) is 32.8. The van der Waals surface area contributed by atoms with Crippen molar-refractivity contribution in [2.45, 2.75) is 0 Å². The van der Waals surface area contributed by atoms with Crippen LogP contribution in [0.2, 0.25) is 0 Å². The standard InChI is InChI=1S/C56H33N3.C41H24N4.C40H24N4/c1-3-13-36-29-41(23-21-34(36)11-1)53-43-16-6-7-17-44(43)54(42-24-22-35-12-2-4-14-37(35)30-42)47-32-38(25-27-45(47)53)39-26-28-51-46(31-39)48-33-40-15-5-8-18-49(40)57-55(48)56-58-50-19-9-10-20-52(50)59(51)56;1-2-9-26-22-27(16-15-25(26)8-1)38-29-10-3-5-12-31(29)39(32-13-6-4-11-30(32)38)28-17-18-36-35(23-28)44-41-34-14-7-20-43-40(34)33-19-21-42-24-37(33)45(36)41;1-4-12-33-27(9-1)24-32-31-23-26(19-22-37(31)44-38-16-8-5-13-34(38)42-40(44)39(32)41-33)25-17-20-28(21-18-25)43-35-14-6-2-10-29(35)30-11-3-7-15-36(30)43/h1-33H;1-24H;1-24H. The summed E-state index contributed by atoms with van der Waals surface area (Å²) in [5.41, 5.74) is 34.8. The van der Waals surface area contributed by atoms with Gasteiger partial charge in [-0.25, -0.2) is 24.9 Å². The molecule has 0 aliphatic carbocycles. The number of para-hydroxylation sites is 8. The monoisotopic (exact) mass is 1880 g/mol. The number of nitrogens with zero attached hydrogens (tertiary/aromatic N) is 11. The molecule has 0 atom stereocenters. The molecule has 684 valence electrons. The second-order valence-corrected chi connectivity index (χ2v) is 38.9. The molecule has 11 aromatic heterocycles. The highest BCUT2D eigenvalue weighted by atomic mass is 15.1. The van der Waals surface area contributed by atoms with E-state index in [-0.39, 0.29) is 0 Å². The molecule has 33 aromatic rings. The van der Waals surface area contributed by atoms with Crippen LogP contribution in [0.1, 0.15) is 0 Å². The van der Waals surface area contributed by atoms with Crippen molar-refractivity contribution in [3.63, 3.8) is 0 Å². The molecule has 11 heteroatoms. The third kappa shape index (κ3) is 12.9. The van der Waals surface area contributed by atoms with Gasteiger partial charge in [0.15, 0.2) is 11.3 Å². The number of pyridine rings is 7. The van der Waals surface area contributed by atoms with Crippen LogP contribution in [0.15, 0.2) is 492 Å². The molecule has 0 aliphatic heterocycles. The molecular weight excluding hydrogens is 1800 g/mol. The summed E-state index contributed by atoms with van der Waals surface area (Å²) in [5, 5.41) is 28.8. The van der Waals surface area contributed by atoms with E-state index in [1.54, 1.807) is 0 Å². The molecule has 148 heavy (non-hydrogen) atoms. The van der Waals surface area contributed by atoms with E-state index < -0.39 is 0 Å². The molecular formula is C137H81N11. The van der Waals surface area contributed by atoms with E-state index in [2.05, 4.69) is 472 Å². The third-order valence-corrected chi connectivity index (χ3v) is 30.8. The van der Waals surface area contributed by atoms with Gasteiger partial charge in [-0.3, -0.25) is 23.2 Å². The number of imidazole rings is 3. The maximum atomic E-state index is 5.26. The Kier molecular flexibility index (Phi) is 18.3. The Hall–Kier alpha value is -20.0. The van der Waals surface area contributed by atoms with E-state index in [1.807, 2.05) is 42.9 Å². The van der Waals surface area contributed by atoms with E-state index in [1.165, 1.54) is 153 Å². The Balaban J connectivity index is 0.000000102. The van der Waals surface area contributed by atoms with Gasteiger partial charge in [-0.15, -0.1) is 0 Å². The first-order valence-corrected chi connectivity index (χ1v) is 50.4. The quantitative estimate of drug-likeness (QED) is 0.115. The van der Waals surface area contributed by atoms with E-state index in [0.29, 0.717) is 0 Å². The largest absolute Gasteiger partial charge is 0.309 e. The van der Waals surface area contributed by atoms with E-state index in [4.69, 9.17) is 29.9 Å². The van der Waals surface area contributed by atoms with Gasteiger partial charge in [-0.05, 0) is 294 Å². The molecule has 0 aliphatic rings. The van der Waals surface area contributed by atoms with E-state index >= 15 is 0 Å². The van der Waals surface area contributed by atoms with Crippen molar-refractivity contribution >= 4 is 234 Å². The van der Waals surface area contributed by atoms with Crippen LogP contribution >= 0.6 is 0 Å². The number of fused-ring (bicyclic) bond motifs is 36. The minimum atomic E-state index is 0.881. The Labute approximate surface area is 845 Å². The first kappa shape index (κ1) is 82.7. The van der Waals surface area contributed by atoms with Gasteiger partial charge < -0.3 is 4.57 Å². The fraction of sp³-hybridized carbons (Fsp3) is 0. The summed E-state index contributed by atoms with van der Waals surface area (Å²) in [6.07, 6.45) is 5.59. The van der Waals surface area contributed by atoms with Crippen LogP contribution in [0.3, 0.4) is 0 Å². The highest BCUT2D eigenvalue weighted by Crippen LogP contribution is 2.51. The van der Waals surface area contributed by atoms with Crippen LogP contribution in [0.4, 0.5) is 0 Å². The molecule has 22 aromatic carbocycles. The predicted molar refractivity (Wildman–Crippen MR) is 619 cm³/mol. The van der Waals surface area contributed by atoms with Gasteiger partial charge in [-0.2, -0.15) is 0 Å². The lowest BCUT2D eigenvalue weighted by molar-refractivity contribution is 1.18. The number of hydrogen-bond donors (Lipinski definition) is 0. The molecule has 0 spiro atoms. The first-order valence-electron chi connectivity index (χ1n) is 50.4. The fourth-order valence-corrected chi connectivity index (χ4v) is 24.1. The fourth-order valence-electron chi connectivity index (χ4n) is 24.1. The SMILES string of the molecule is c1ccc2cc(-c3c4ccccc4c(-c4ccc5c(c4)nc4c6cccnc6c6ccncc6n54)c4ccccc34)ccc2c1.c1ccc2cc(-c3c4ccccc4c(-c4ccc5ccccc5c4)c4cc(-c5ccc6c(c5)c5cc7ccccc7nc5c5nc7ccccc7n65)ccc34)ccc2c1.c1ccc2nc3c(cc2c1)c1cc(-c2ccc(-n4c5ccccc5c5ccccc54)cc2)ccc1n1c2ccccc2nc31. The van der Waals surface area contributed by atoms with Crippen LogP contribution in [0.25, 0.3) is 307 Å². The molecule has 0 N–H and O–H groups in total. The van der Waals surface area contributed by atoms with Gasteiger partial charge in [0.05, 0.1) is 83.4 Å². The maximum absolute atomic E-state index is 5.26. The Morgan fingerprint density at radius 3 is 0.993 bits per heavy atom. The van der Waals surface area contributed by atoms with Crippen molar-refractivity contribution < 1.29 is 0 Å². The molecule has 0 unspecified atom stereocenters. The Bertz CT molecular complexity index is 11400. The Morgan fingerprint density at radius 2 is 0.500 bits per heavy atom. The van der Waals surface area contributed by atoms with Crippen molar-refractivity contribution in [2.24, 2.45) is 0 Å².